The van der Waals surface area contributed by atoms with Crippen LogP contribution in [0.4, 0.5) is 0 Å². The van der Waals surface area contributed by atoms with Gasteiger partial charge in [0.1, 0.15) is 0 Å². The summed E-state index contributed by atoms with van der Waals surface area (Å²) in [6.07, 6.45) is 21.9. The maximum Gasteiger partial charge on any atom is 0.466 e. The van der Waals surface area contributed by atoms with Crippen molar-refractivity contribution in [1.82, 2.24) is 0 Å². The largest absolute Gasteiger partial charge is 0.466 e. The first-order valence-electron chi connectivity index (χ1n) is 10.8. The molecule has 0 bridgehead atoms. The molecule has 158 valence electrons. The summed E-state index contributed by atoms with van der Waals surface area (Å²) in [4.78, 5) is 21.6. The predicted octanol–water partition coefficient (Wildman–Crippen LogP) is 5.39. The zero-order chi connectivity index (χ0) is 19.9. The van der Waals surface area contributed by atoms with E-state index in [2.05, 4.69) is 21.0 Å². The Kier molecular flexibility index (Phi) is 15.1. The van der Waals surface area contributed by atoms with Crippen molar-refractivity contribution in [2.75, 3.05) is 20.6 Å². The van der Waals surface area contributed by atoms with Crippen LogP contribution in [0.3, 0.4) is 0 Å². The third-order valence-corrected chi connectivity index (χ3v) is 5.65. The smallest absolute Gasteiger partial charge is 0.326 e. The van der Waals surface area contributed by atoms with E-state index in [1.165, 1.54) is 107 Å². The minimum absolute atomic E-state index is 0.929. The highest BCUT2D eigenvalue weighted by atomic mass is 31.2. The highest BCUT2D eigenvalue weighted by molar-refractivity contribution is 7.45. The number of unbranched alkanes of at least 4 members (excludes halogenated alkanes) is 5. The summed E-state index contributed by atoms with van der Waals surface area (Å²) < 4.78 is 10.2. The Balaban J connectivity index is 0.00000110. The topological polar surface area (TPSA) is 77.8 Å². The highest BCUT2D eigenvalue weighted by Crippen LogP contribution is 2.26. The Labute approximate surface area is 162 Å². The van der Waals surface area contributed by atoms with Crippen LogP contribution < -0.4 is 0 Å². The normalized spacial score (nSPS) is 18.1. The van der Waals surface area contributed by atoms with E-state index in [1.807, 2.05) is 0 Å². The third-order valence-electron chi connectivity index (χ3n) is 5.65. The molecule has 3 N–H and O–H groups in total. The second-order valence-corrected chi connectivity index (χ2v) is 9.52. The van der Waals surface area contributed by atoms with Crippen LogP contribution >= 0.6 is 7.82 Å². The molecule has 0 aromatic heterocycles. The summed E-state index contributed by atoms with van der Waals surface area (Å²) in [6, 6.07) is 0.929. The van der Waals surface area contributed by atoms with E-state index < -0.39 is 7.82 Å². The van der Waals surface area contributed by atoms with Crippen LogP contribution in [0, 0.1) is 0 Å². The SMILES string of the molecule is CCCCCCCC[N+](C)(C)C1CCCCCCCCC1.O=P(O)(O)O. The molecule has 0 aliphatic heterocycles. The molecule has 0 radical (unpaired) electrons. The van der Waals surface area contributed by atoms with Crippen LogP contribution in [0.2, 0.25) is 0 Å². The molecule has 0 saturated heterocycles. The second-order valence-electron chi connectivity index (χ2n) is 8.49. The molecule has 0 unspecified atom stereocenters. The van der Waals surface area contributed by atoms with E-state index in [4.69, 9.17) is 19.2 Å². The molecule has 1 saturated carbocycles. The molecular formula is C20H45NO4P+. The zero-order valence-electron chi connectivity index (χ0n) is 17.5. The fourth-order valence-corrected chi connectivity index (χ4v) is 3.97. The van der Waals surface area contributed by atoms with Crippen LogP contribution in [0.5, 0.6) is 0 Å². The minimum Gasteiger partial charge on any atom is -0.326 e. The van der Waals surface area contributed by atoms with Gasteiger partial charge in [-0.1, -0.05) is 64.7 Å². The maximum absolute atomic E-state index is 8.88. The van der Waals surface area contributed by atoms with E-state index in [9.17, 15) is 0 Å². The molecule has 0 aromatic rings. The molecule has 0 spiro atoms. The first kappa shape index (κ1) is 26.1. The van der Waals surface area contributed by atoms with E-state index in [-0.39, 0.29) is 0 Å². The summed E-state index contributed by atoms with van der Waals surface area (Å²) in [7, 11) is 0.366. The van der Waals surface area contributed by atoms with Crippen molar-refractivity contribution in [2.24, 2.45) is 0 Å². The first-order chi connectivity index (χ1) is 12.2. The molecule has 5 nitrogen and oxygen atoms in total. The van der Waals surface area contributed by atoms with Gasteiger partial charge in [-0.15, -0.1) is 0 Å². The van der Waals surface area contributed by atoms with Gasteiger partial charge in [0.15, 0.2) is 0 Å². The molecule has 1 rings (SSSR count). The van der Waals surface area contributed by atoms with Gasteiger partial charge in [0.2, 0.25) is 0 Å². The second kappa shape index (κ2) is 15.0. The Morgan fingerprint density at radius 1 is 0.769 bits per heavy atom. The van der Waals surface area contributed by atoms with Crippen molar-refractivity contribution < 1.29 is 23.7 Å². The Hall–Kier alpha value is 0.0700. The molecule has 0 atom stereocenters. The molecule has 1 fully saturated rings. The van der Waals surface area contributed by atoms with Crippen LogP contribution in [0.25, 0.3) is 0 Å². The van der Waals surface area contributed by atoms with Gasteiger partial charge in [-0.2, -0.15) is 0 Å². The van der Waals surface area contributed by atoms with E-state index in [1.54, 1.807) is 0 Å². The number of hydrogen-bond donors (Lipinski definition) is 3. The minimum atomic E-state index is -4.64. The van der Waals surface area contributed by atoms with Crippen molar-refractivity contribution >= 4 is 7.82 Å². The fourth-order valence-electron chi connectivity index (χ4n) is 3.97. The summed E-state index contributed by atoms with van der Waals surface area (Å²) in [5.41, 5.74) is 0. The third kappa shape index (κ3) is 17.5. The van der Waals surface area contributed by atoms with Gasteiger partial charge in [-0.05, 0) is 38.5 Å². The van der Waals surface area contributed by atoms with Crippen molar-refractivity contribution in [3.63, 3.8) is 0 Å². The zero-order valence-corrected chi connectivity index (χ0v) is 18.4. The van der Waals surface area contributed by atoms with Gasteiger partial charge < -0.3 is 19.2 Å². The Morgan fingerprint density at radius 2 is 1.15 bits per heavy atom. The van der Waals surface area contributed by atoms with Gasteiger partial charge in [0, 0.05) is 0 Å². The van der Waals surface area contributed by atoms with E-state index in [0.29, 0.717) is 0 Å². The van der Waals surface area contributed by atoms with Gasteiger partial charge in [-0.25, -0.2) is 4.57 Å². The highest BCUT2D eigenvalue weighted by Gasteiger charge is 2.27. The quantitative estimate of drug-likeness (QED) is 0.293. The average Bonchev–Trinajstić information content (AvgIpc) is 2.54. The number of hydrogen-bond acceptors (Lipinski definition) is 1. The van der Waals surface area contributed by atoms with Gasteiger partial charge in [0.25, 0.3) is 0 Å². The van der Waals surface area contributed by atoms with Gasteiger partial charge in [-0.3, -0.25) is 0 Å². The number of rotatable bonds is 8. The molecule has 1 aliphatic rings. The lowest BCUT2D eigenvalue weighted by molar-refractivity contribution is -0.916. The Morgan fingerprint density at radius 3 is 1.62 bits per heavy atom. The van der Waals surface area contributed by atoms with E-state index in [0.717, 1.165) is 6.04 Å². The molecule has 0 heterocycles. The van der Waals surface area contributed by atoms with E-state index >= 15 is 0 Å². The lowest BCUT2D eigenvalue weighted by atomic mass is 9.95. The summed E-state index contributed by atoms with van der Waals surface area (Å²) >= 11 is 0. The molecular weight excluding hydrogens is 349 g/mol. The Bertz CT molecular complexity index is 353. The molecule has 0 aromatic carbocycles. The number of nitrogens with zero attached hydrogens (tertiary/aromatic N) is 1. The van der Waals surface area contributed by atoms with Crippen LogP contribution in [0.15, 0.2) is 0 Å². The lowest BCUT2D eigenvalue weighted by Gasteiger charge is -2.39. The monoisotopic (exact) mass is 394 g/mol. The van der Waals surface area contributed by atoms with Gasteiger partial charge >= 0.3 is 7.82 Å². The lowest BCUT2D eigenvalue weighted by Crippen LogP contribution is -2.49. The van der Waals surface area contributed by atoms with Gasteiger partial charge in [0.05, 0.1) is 26.7 Å². The van der Waals surface area contributed by atoms with Crippen LogP contribution in [-0.4, -0.2) is 45.8 Å². The first-order valence-corrected chi connectivity index (χ1v) is 12.3. The van der Waals surface area contributed by atoms with Crippen LogP contribution in [-0.2, 0) is 4.57 Å². The molecule has 6 heteroatoms. The average molecular weight is 395 g/mol. The van der Waals surface area contributed by atoms with Crippen molar-refractivity contribution in [3.05, 3.63) is 0 Å². The summed E-state index contributed by atoms with van der Waals surface area (Å²) in [5, 5.41) is 0. The number of quaternary nitrogens is 1. The standard InChI is InChI=1S/C20H42N.H3O4P/c1-4-5-6-7-13-16-19-21(2,3)20-17-14-11-9-8-10-12-15-18-20;1-5(2,3)4/h20H,4-19H2,1-3H3;(H3,1,2,3,4)/q+1;. The molecule has 0 amide bonds. The van der Waals surface area contributed by atoms with Crippen molar-refractivity contribution in [1.29, 1.82) is 0 Å². The maximum atomic E-state index is 8.88. The predicted molar refractivity (Wildman–Crippen MR) is 110 cm³/mol. The molecule has 1 aliphatic carbocycles. The van der Waals surface area contributed by atoms with Crippen molar-refractivity contribution in [3.8, 4) is 0 Å². The van der Waals surface area contributed by atoms with Crippen LogP contribution in [0.1, 0.15) is 103 Å². The molecule has 26 heavy (non-hydrogen) atoms. The fraction of sp³-hybridized carbons (Fsp3) is 1.00. The summed E-state index contributed by atoms with van der Waals surface area (Å²) in [5.74, 6) is 0. The number of phosphoric acid groups is 1. The van der Waals surface area contributed by atoms with Crippen molar-refractivity contribution in [2.45, 2.75) is 109 Å². The summed E-state index contributed by atoms with van der Waals surface area (Å²) in [6.45, 7) is 3.70.